The van der Waals surface area contributed by atoms with E-state index < -0.39 is 0 Å². The van der Waals surface area contributed by atoms with Gasteiger partial charge in [-0.2, -0.15) is 0 Å². The van der Waals surface area contributed by atoms with Gasteiger partial charge in [-0.3, -0.25) is 0 Å². The highest BCUT2D eigenvalue weighted by atomic mass is 16.2. The molecule has 0 radical (unpaired) electrons. The van der Waals surface area contributed by atoms with Crippen molar-refractivity contribution in [1.29, 1.82) is 0 Å². The largest absolute Gasteiger partial charge is 0.335 e. The van der Waals surface area contributed by atoms with Crippen LogP contribution in [-0.4, -0.2) is 30.1 Å². The first-order chi connectivity index (χ1) is 8.71. The van der Waals surface area contributed by atoms with Gasteiger partial charge in [-0.25, -0.2) is 4.79 Å². The number of amides is 2. The Kier molecular flexibility index (Phi) is 7.14. The predicted molar refractivity (Wildman–Crippen MR) is 76.7 cm³/mol. The van der Waals surface area contributed by atoms with Crippen molar-refractivity contribution in [3.8, 4) is 0 Å². The molecule has 0 saturated heterocycles. The van der Waals surface area contributed by atoms with Crippen molar-refractivity contribution in [2.45, 2.75) is 71.8 Å². The Morgan fingerprint density at radius 3 is 2.28 bits per heavy atom. The Labute approximate surface area is 112 Å². The minimum absolute atomic E-state index is 0.149. The third kappa shape index (κ3) is 4.87. The molecule has 2 amide bonds. The van der Waals surface area contributed by atoms with Crippen LogP contribution >= 0.6 is 0 Å². The average Bonchev–Trinajstić information content (AvgIpc) is 2.41. The maximum atomic E-state index is 12.2. The van der Waals surface area contributed by atoms with Crippen LogP contribution in [0.25, 0.3) is 0 Å². The lowest BCUT2D eigenvalue weighted by atomic mass is 9.96. The Morgan fingerprint density at radius 2 is 1.78 bits per heavy atom. The Balaban J connectivity index is 2.40. The lowest BCUT2D eigenvalue weighted by Crippen LogP contribution is -2.46. The van der Waals surface area contributed by atoms with E-state index in [9.17, 15) is 4.79 Å². The molecule has 0 heterocycles. The van der Waals surface area contributed by atoms with Crippen molar-refractivity contribution in [3.05, 3.63) is 0 Å². The zero-order valence-corrected chi connectivity index (χ0v) is 12.4. The summed E-state index contributed by atoms with van der Waals surface area (Å²) >= 11 is 0. The van der Waals surface area contributed by atoms with Gasteiger partial charge in [-0.15, -0.1) is 0 Å². The number of urea groups is 1. The zero-order chi connectivity index (χ0) is 13.4. The molecule has 0 bridgehead atoms. The summed E-state index contributed by atoms with van der Waals surface area (Å²) in [7, 11) is 0. The van der Waals surface area contributed by atoms with Gasteiger partial charge in [-0.1, -0.05) is 46.0 Å². The van der Waals surface area contributed by atoms with Crippen molar-refractivity contribution in [3.63, 3.8) is 0 Å². The normalized spacial score (nSPS) is 16.9. The summed E-state index contributed by atoms with van der Waals surface area (Å²) in [5.41, 5.74) is 0. The second kappa shape index (κ2) is 8.39. The fraction of sp³-hybridized carbons (Fsp3) is 0.933. The Hall–Kier alpha value is -0.730. The molecule has 0 aromatic rings. The minimum Gasteiger partial charge on any atom is -0.335 e. The number of carbonyl (C=O) groups excluding carboxylic acids is 1. The molecule has 1 saturated carbocycles. The molecule has 3 nitrogen and oxygen atoms in total. The molecule has 1 aliphatic carbocycles. The minimum atomic E-state index is 0.149. The van der Waals surface area contributed by atoms with Crippen LogP contribution in [0.1, 0.15) is 65.7 Å². The summed E-state index contributed by atoms with van der Waals surface area (Å²) in [5.74, 6) is 0.641. The van der Waals surface area contributed by atoms with Gasteiger partial charge in [0.05, 0.1) is 0 Å². The number of hydrogen-bond donors (Lipinski definition) is 1. The molecule has 0 atom stereocenters. The zero-order valence-electron chi connectivity index (χ0n) is 12.4. The molecular formula is C15H30N2O. The van der Waals surface area contributed by atoms with Gasteiger partial charge in [0.2, 0.25) is 0 Å². The van der Waals surface area contributed by atoms with Crippen LogP contribution in [0.5, 0.6) is 0 Å². The van der Waals surface area contributed by atoms with Crippen molar-refractivity contribution in [2.75, 3.05) is 13.1 Å². The number of carbonyl (C=O) groups is 1. The lowest BCUT2D eigenvalue weighted by Gasteiger charge is -2.29. The van der Waals surface area contributed by atoms with E-state index in [4.69, 9.17) is 0 Å². The summed E-state index contributed by atoms with van der Waals surface area (Å²) in [5, 5.41) is 3.21. The first kappa shape index (κ1) is 15.3. The SMILES string of the molecule is CCC(CC)CN(CC)C(=O)NC1CCCCC1. The summed E-state index contributed by atoms with van der Waals surface area (Å²) in [4.78, 5) is 14.2. The highest BCUT2D eigenvalue weighted by Crippen LogP contribution is 2.18. The molecule has 0 spiro atoms. The number of nitrogens with one attached hydrogen (secondary N) is 1. The lowest BCUT2D eigenvalue weighted by molar-refractivity contribution is 0.181. The van der Waals surface area contributed by atoms with Crippen molar-refractivity contribution >= 4 is 6.03 Å². The van der Waals surface area contributed by atoms with Crippen LogP contribution < -0.4 is 5.32 Å². The summed E-state index contributed by atoms with van der Waals surface area (Å²) in [6.45, 7) is 8.21. The molecule has 1 fully saturated rings. The highest BCUT2D eigenvalue weighted by Gasteiger charge is 2.20. The standard InChI is InChI=1S/C15H30N2O/c1-4-13(5-2)12-17(6-3)15(18)16-14-10-8-7-9-11-14/h13-14H,4-12H2,1-3H3,(H,16,18). The number of hydrogen-bond acceptors (Lipinski definition) is 1. The summed E-state index contributed by atoms with van der Waals surface area (Å²) < 4.78 is 0. The first-order valence-electron chi connectivity index (χ1n) is 7.76. The van der Waals surface area contributed by atoms with Crippen LogP contribution in [0, 0.1) is 5.92 Å². The summed E-state index contributed by atoms with van der Waals surface area (Å²) in [6, 6.07) is 0.568. The predicted octanol–water partition coefficient (Wildman–Crippen LogP) is 3.79. The molecule has 3 heteroatoms. The van der Waals surface area contributed by atoms with Crippen LogP contribution in [0.4, 0.5) is 4.79 Å². The molecule has 1 N–H and O–H groups in total. The average molecular weight is 254 g/mol. The van der Waals surface area contributed by atoms with E-state index in [1.807, 2.05) is 4.90 Å². The van der Waals surface area contributed by atoms with Crippen LogP contribution in [0.15, 0.2) is 0 Å². The monoisotopic (exact) mass is 254 g/mol. The first-order valence-corrected chi connectivity index (χ1v) is 7.76. The molecule has 0 unspecified atom stereocenters. The molecule has 0 aromatic carbocycles. The molecule has 18 heavy (non-hydrogen) atoms. The van der Waals surface area contributed by atoms with Gasteiger partial charge in [-0.05, 0) is 25.7 Å². The molecule has 1 rings (SSSR count). The van der Waals surface area contributed by atoms with Crippen LogP contribution in [0.3, 0.4) is 0 Å². The second-order valence-corrected chi connectivity index (χ2v) is 5.51. The second-order valence-electron chi connectivity index (χ2n) is 5.51. The van der Waals surface area contributed by atoms with Gasteiger partial charge >= 0.3 is 6.03 Å². The maximum Gasteiger partial charge on any atom is 0.317 e. The topological polar surface area (TPSA) is 32.3 Å². The van der Waals surface area contributed by atoms with E-state index in [-0.39, 0.29) is 6.03 Å². The van der Waals surface area contributed by atoms with Gasteiger partial charge in [0.25, 0.3) is 0 Å². The third-order valence-corrected chi connectivity index (χ3v) is 4.23. The van der Waals surface area contributed by atoms with Crippen LogP contribution in [0.2, 0.25) is 0 Å². The van der Waals surface area contributed by atoms with E-state index in [1.165, 1.54) is 19.3 Å². The number of nitrogens with zero attached hydrogens (tertiary/aromatic N) is 1. The van der Waals surface area contributed by atoms with Crippen molar-refractivity contribution < 1.29 is 4.79 Å². The van der Waals surface area contributed by atoms with Gasteiger partial charge < -0.3 is 10.2 Å². The fourth-order valence-corrected chi connectivity index (χ4v) is 2.73. The van der Waals surface area contributed by atoms with E-state index in [0.717, 1.165) is 38.8 Å². The third-order valence-electron chi connectivity index (χ3n) is 4.23. The molecule has 1 aliphatic rings. The van der Waals surface area contributed by atoms with Crippen molar-refractivity contribution in [1.82, 2.24) is 10.2 Å². The van der Waals surface area contributed by atoms with E-state index >= 15 is 0 Å². The molecule has 0 aromatic heterocycles. The Morgan fingerprint density at radius 1 is 1.17 bits per heavy atom. The molecular weight excluding hydrogens is 224 g/mol. The Bertz CT molecular complexity index is 233. The van der Waals surface area contributed by atoms with Gasteiger partial charge in [0.15, 0.2) is 0 Å². The van der Waals surface area contributed by atoms with E-state index in [0.29, 0.717) is 12.0 Å². The van der Waals surface area contributed by atoms with E-state index in [1.54, 1.807) is 0 Å². The smallest absolute Gasteiger partial charge is 0.317 e. The quantitative estimate of drug-likeness (QED) is 0.768. The van der Waals surface area contributed by atoms with Crippen molar-refractivity contribution in [2.24, 2.45) is 5.92 Å². The molecule has 0 aliphatic heterocycles. The number of rotatable bonds is 6. The van der Waals surface area contributed by atoms with Gasteiger partial charge in [0.1, 0.15) is 0 Å². The fourth-order valence-electron chi connectivity index (χ4n) is 2.73. The van der Waals surface area contributed by atoms with Crippen LogP contribution in [-0.2, 0) is 0 Å². The van der Waals surface area contributed by atoms with Gasteiger partial charge in [0, 0.05) is 19.1 Å². The highest BCUT2D eigenvalue weighted by molar-refractivity contribution is 5.74. The molecule has 106 valence electrons. The maximum absolute atomic E-state index is 12.2. The van der Waals surface area contributed by atoms with E-state index in [2.05, 4.69) is 26.1 Å². The summed E-state index contributed by atoms with van der Waals surface area (Å²) in [6.07, 6.45) is 8.50.